The Labute approximate surface area is 174 Å². The summed E-state index contributed by atoms with van der Waals surface area (Å²) in [4.78, 5) is 29.2. The highest BCUT2D eigenvalue weighted by Crippen LogP contribution is 2.43. The van der Waals surface area contributed by atoms with Crippen molar-refractivity contribution in [1.29, 1.82) is 0 Å². The number of aromatic amines is 1. The molecule has 1 aliphatic rings. The van der Waals surface area contributed by atoms with E-state index in [2.05, 4.69) is 4.98 Å². The predicted molar refractivity (Wildman–Crippen MR) is 117 cm³/mol. The number of carbonyl (C=O) groups excluding carboxylic acids is 1. The highest BCUT2D eigenvalue weighted by atomic mass is 16.4. The standard InChI is InChI=1S/C23H24N4O3/c1-14(24)10-16-13-27(23(29)30,21-9-5-3-7-18(16)21)22(28)19(25)11-15-12-26-20-8-4-2-6-17(15)20/h2-9,12-14,19,26H,10-11,24-25H2,1H3/p+1/t14-,19+,27?/m1/s1. The molecule has 3 atom stereocenters. The van der Waals surface area contributed by atoms with Crippen molar-refractivity contribution >= 4 is 34.2 Å². The summed E-state index contributed by atoms with van der Waals surface area (Å²) >= 11 is 0. The second-order valence-corrected chi connectivity index (χ2v) is 7.87. The van der Waals surface area contributed by atoms with Crippen LogP contribution in [-0.4, -0.2) is 34.2 Å². The van der Waals surface area contributed by atoms with Crippen LogP contribution < -0.4 is 16.0 Å². The predicted octanol–water partition coefficient (Wildman–Crippen LogP) is 3.34. The molecular weight excluding hydrogens is 380 g/mol. The monoisotopic (exact) mass is 405 g/mol. The van der Waals surface area contributed by atoms with Gasteiger partial charge in [-0.2, -0.15) is 4.79 Å². The summed E-state index contributed by atoms with van der Waals surface area (Å²) in [5, 5.41) is 11.2. The maximum absolute atomic E-state index is 13.5. The van der Waals surface area contributed by atoms with Gasteiger partial charge in [0.15, 0.2) is 5.69 Å². The SMILES string of the molecule is C[C@@H](N)CC1=C[N+](C(=O)O)(C(=O)[C@@H](N)Cc2c[nH]c3ccccc23)c2ccccc21. The highest BCUT2D eigenvalue weighted by Gasteiger charge is 2.54. The van der Waals surface area contributed by atoms with E-state index in [0.717, 1.165) is 27.6 Å². The molecule has 1 unspecified atom stereocenters. The van der Waals surface area contributed by atoms with Crippen LogP contribution in [0.15, 0.2) is 60.9 Å². The van der Waals surface area contributed by atoms with Crippen molar-refractivity contribution in [2.75, 3.05) is 0 Å². The summed E-state index contributed by atoms with van der Waals surface area (Å²) in [6, 6.07) is 13.6. The van der Waals surface area contributed by atoms with Crippen molar-refractivity contribution in [2.45, 2.75) is 31.8 Å². The molecule has 0 fully saturated rings. The van der Waals surface area contributed by atoms with E-state index in [9.17, 15) is 14.7 Å². The first kappa shape index (κ1) is 20.0. The molecule has 7 heteroatoms. The van der Waals surface area contributed by atoms with Crippen molar-refractivity contribution in [3.8, 4) is 0 Å². The first-order valence-corrected chi connectivity index (χ1v) is 9.89. The summed E-state index contributed by atoms with van der Waals surface area (Å²) in [7, 11) is 0. The van der Waals surface area contributed by atoms with E-state index in [1.807, 2.05) is 49.5 Å². The van der Waals surface area contributed by atoms with Crippen LogP contribution in [0.25, 0.3) is 16.5 Å². The summed E-state index contributed by atoms with van der Waals surface area (Å²) in [6.45, 7) is 1.85. The van der Waals surface area contributed by atoms with E-state index in [1.165, 1.54) is 6.20 Å². The van der Waals surface area contributed by atoms with Crippen LogP contribution in [0, 0.1) is 0 Å². The Kier molecular flexibility index (Phi) is 5.03. The van der Waals surface area contributed by atoms with Gasteiger partial charge in [-0.15, -0.1) is 0 Å². The summed E-state index contributed by atoms with van der Waals surface area (Å²) in [5.41, 5.74) is 16.0. The summed E-state index contributed by atoms with van der Waals surface area (Å²) < 4.78 is -0.943. The lowest BCUT2D eigenvalue weighted by atomic mass is 10.0. The fourth-order valence-corrected chi connectivity index (χ4v) is 4.26. The fourth-order valence-electron chi connectivity index (χ4n) is 4.26. The number of fused-ring (bicyclic) bond motifs is 2. The van der Waals surface area contributed by atoms with Crippen molar-refractivity contribution in [3.63, 3.8) is 0 Å². The van der Waals surface area contributed by atoms with E-state index >= 15 is 0 Å². The van der Waals surface area contributed by atoms with Crippen molar-refractivity contribution < 1.29 is 14.7 Å². The maximum atomic E-state index is 13.5. The average Bonchev–Trinajstić information content (AvgIpc) is 3.27. The molecule has 0 spiro atoms. The minimum Gasteiger partial charge on any atom is -0.434 e. The van der Waals surface area contributed by atoms with Gasteiger partial charge in [-0.3, -0.25) is 0 Å². The van der Waals surface area contributed by atoms with E-state index in [0.29, 0.717) is 12.1 Å². The molecule has 1 aromatic heterocycles. The Bertz CT molecular complexity index is 1160. The lowest BCUT2D eigenvalue weighted by Crippen LogP contribution is -2.59. The van der Waals surface area contributed by atoms with Crippen LogP contribution in [0.2, 0.25) is 0 Å². The molecule has 0 aliphatic carbocycles. The zero-order valence-electron chi connectivity index (χ0n) is 16.7. The number of H-pyrrole nitrogens is 1. The van der Waals surface area contributed by atoms with E-state index < -0.39 is 22.5 Å². The number of carbonyl (C=O) groups is 2. The number of rotatable bonds is 5. The van der Waals surface area contributed by atoms with Gasteiger partial charge in [0.1, 0.15) is 12.2 Å². The number of nitrogens with one attached hydrogen (secondary N) is 1. The molecule has 7 nitrogen and oxygen atoms in total. The van der Waals surface area contributed by atoms with Crippen LogP contribution in [0.3, 0.4) is 0 Å². The molecule has 6 N–H and O–H groups in total. The molecule has 1 aliphatic heterocycles. The molecule has 2 amide bonds. The number of hydrogen-bond acceptors (Lipinski definition) is 4. The molecule has 3 aromatic rings. The smallest absolute Gasteiger partial charge is 0.434 e. The number of imide groups is 1. The van der Waals surface area contributed by atoms with Crippen LogP contribution >= 0.6 is 0 Å². The Morgan fingerprint density at radius 2 is 1.77 bits per heavy atom. The summed E-state index contributed by atoms with van der Waals surface area (Å²) in [5.74, 6) is -0.583. The van der Waals surface area contributed by atoms with E-state index in [-0.39, 0.29) is 12.5 Å². The van der Waals surface area contributed by atoms with Gasteiger partial charge in [0, 0.05) is 46.8 Å². The molecule has 2 heterocycles. The van der Waals surface area contributed by atoms with Gasteiger partial charge in [0.2, 0.25) is 0 Å². The third-order valence-electron chi connectivity index (χ3n) is 5.60. The molecule has 0 radical (unpaired) electrons. The lowest BCUT2D eigenvalue weighted by Gasteiger charge is -2.25. The van der Waals surface area contributed by atoms with Gasteiger partial charge < -0.3 is 21.6 Å². The van der Waals surface area contributed by atoms with E-state index in [4.69, 9.17) is 11.5 Å². The van der Waals surface area contributed by atoms with Gasteiger partial charge in [0.25, 0.3) is 0 Å². The van der Waals surface area contributed by atoms with Crippen LogP contribution in [0.1, 0.15) is 24.5 Å². The normalized spacial score (nSPS) is 19.9. The number of quaternary nitrogens is 1. The van der Waals surface area contributed by atoms with Gasteiger partial charge in [0.05, 0.1) is 0 Å². The zero-order valence-corrected chi connectivity index (χ0v) is 16.7. The first-order chi connectivity index (χ1) is 14.3. The third-order valence-corrected chi connectivity index (χ3v) is 5.60. The minimum atomic E-state index is -1.28. The second-order valence-electron chi connectivity index (χ2n) is 7.87. The van der Waals surface area contributed by atoms with Gasteiger partial charge in [-0.05, 0) is 31.0 Å². The average molecular weight is 405 g/mol. The number of carboxylic acid groups (broad SMARTS) is 1. The van der Waals surface area contributed by atoms with Crippen LogP contribution in [0.5, 0.6) is 0 Å². The first-order valence-electron chi connectivity index (χ1n) is 9.89. The maximum Gasteiger partial charge on any atom is 0.531 e. The molecular formula is C23H25N4O3+. The molecule has 154 valence electrons. The van der Waals surface area contributed by atoms with Gasteiger partial charge in [-0.25, -0.2) is 4.79 Å². The molecule has 2 aromatic carbocycles. The number of amides is 2. The quantitative estimate of drug-likeness (QED) is 0.485. The fraction of sp³-hybridized carbons (Fsp3) is 0.217. The highest BCUT2D eigenvalue weighted by molar-refractivity contribution is 6.14. The zero-order chi connectivity index (χ0) is 21.5. The molecule has 0 saturated heterocycles. The van der Waals surface area contributed by atoms with Gasteiger partial charge in [-0.1, -0.05) is 34.8 Å². The number of aromatic nitrogens is 1. The van der Waals surface area contributed by atoms with Crippen LogP contribution in [0.4, 0.5) is 10.5 Å². The third kappa shape index (κ3) is 3.13. The van der Waals surface area contributed by atoms with Crippen molar-refractivity contribution in [3.05, 3.63) is 72.1 Å². The summed E-state index contributed by atoms with van der Waals surface area (Å²) in [6.07, 6.45) is 2.73. The molecule has 30 heavy (non-hydrogen) atoms. The van der Waals surface area contributed by atoms with E-state index in [1.54, 1.807) is 12.1 Å². The largest absolute Gasteiger partial charge is 0.531 e. The Morgan fingerprint density at radius 3 is 2.50 bits per heavy atom. The Balaban J connectivity index is 1.74. The Hall–Kier alpha value is -3.26. The molecule has 4 rings (SSSR count). The number of para-hydroxylation sites is 2. The number of nitrogens with zero attached hydrogens (tertiary/aromatic N) is 1. The topological polar surface area (TPSA) is 122 Å². The number of nitrogens with two attached hydrogens (primary N) is 2. The van der Waals surface area contributed by atoms with Crippen molar-refractivity contribution in [2.24, 2.45) is 11.5 Å². The molecule has 0 saturated carbocycles. The number of hydrogen-bond donors (Lipinski definition) is 4. The minimum absolute atomic E-state index is 0.173. The number of benzene rings is 2. The molecule has 0 bridgehead atoms. The lowest BCUT2D eigenvalue weighted by molar-refractivity contribution is -0.127. The second kappa shape index (κ2) is 7.53. The van der Waals surface area contributed by atoms with Gasteiger partial charge >= 0.3 is 12.0 Å². The Morgan fingerprint density at radius 1 is 1.07 bits per heavy atom. The van der Waals surface area contributed by atoms with Crippen LogP contribution in [-0.2, 0) is 11.2 Å². The van der Waals surface area contributed by atoms with Crippen molar-refractivity contribution in [1.82, 2.24) is 9.47 Å².